The summed E-state index contributed by atoms with van der Waals surface area (Å²) in [5.74, 6) is 1.77. The molecule has 0 saturated heterocycles. The third kappa shape index (κ3) is 5.73. The third-order valence-corrected chi connectivity index (χ3v) is 5.42. The number of sulfonamides is 1. The molecular formula is C14H24N2O2S2. The average molecular weight is 316 g/mol. The number of hydrogen-bond acceptors (Lipinski definition) is 4. The number of thioether (sulfide) groups is 1. The summed E-state index contributed by atoms with van der Waals surface area (Å²) in [6.45, 7) is 6.92. The minimum absolute atomic E-state index is 0.0668. The molecule has 0 fully saturated rings. The van der Waals surface area contributed by atoms with Crippen LogP contribution >= 0.6 is 11.8 Å². The molecule has 0 amide bonds. The lowest BCUT2D eigenvalue weighted by Gasteiger charge is -2.14. The van der Waals surface area contributed by atoms with Crippen LogP contribution in [0.25, 0.3) is 0 Å². The monoisotopic (exact) mass is 316 g/mol. The Morgan fingerprint density at radius 1 is 1.20 bits per heavy atom. The molecule has 0 heterocycles. The molecule has 0 radical (unpaired) electrons. The van der Waals surface area contributed by atoms with Gasteiger partial charge in [0, 0.05) is 24.0 Å². The molecule has 0 bridgehead atoms. The summed E-state index contributed by atoms with van der Waals surface area (Å²) >= 11 is 1.73. The topological polar surface area (TPSA) is 58.2 Å². The first-order valence-electron chi connectivity index (χ1n) is 6.93. The SMILES string of the molecule is CCCNc1ccc(S(=O)(=O)NC(C)CSCC)cc1. The molecule has 0 aliphatic rings. The predicted molar refractivity (Wildman–Crippen MR) is 88.0 cm³/mol. The number of rotatable bonds is 9. The number of nitrogens with one attached hydrogen (secondary N) is 2. The molecule has 114 valence electrons. The molecular weight excluding hydrogens is 292 g/mol. The van der Waals surface area contributed by atoms with Crippen LogP contribution in [0.15, 0.2) is 29.2 Å². The summed E-state index contributed by atoms with van der Waals surface area (Å²) in [6, 6.07) is 6.81. The Hall–Kier alpha value is -0.720. The molecule has 1 rings (SSSR count). The van der Waals surface area contributed by atoms with Crippen molar-refractivity contribution in [1.29, 1.82) is 0 Å². The Morgan fingerprint density at radius 3 is 2.40 bits per heavy atom. The van der Waals surface area contributed by atoms with E-state index in [0.29, 0.717) is 4.90 Å². The summed E-state index contributed by atoms with van der Waals surface area (Å²) in [7, 11) is -3.42. The lowest BCUT2D eigenvalue weighted by atomic mass is 10.3. The van der Waals surface area contributed by atoms with Gasteiger partial charge in [0.15, 0.2) is 0 Å². The minimum atomic E-state index is -3.42. The molecule has 0 spiro atoms. The molecule has 1 atom stereocenters. The predicted octanol–water partition coefficient (Wildman–Crippen LogP) is 2.93. The molecule has 1 aromatic rings. The average Bonchev–Trinajstić information content (AvgIpc) is 2.43. The van der Waals surface area contributed by atoms with Crippen LogP contribution in [-0.4, -0.2) is 32.5 Å². The summed E-state index contributed by atoms with van der Waals surface area (Å²) in [6.07, 6.45) is 1.04. The van der Waals surface area contributed by atoms with E-state index in [9.17, 15) is 8.42 Å². The van der Waals surface area contributed by atoms with Gasteiger partial charge in [-0.05, 0) is 43.4 Å². The highest BCUT2D eigenvalue weighted by Crippen LogP contribution is 2.15. The second kappa shape index (κ2) is 8.54. The molecule has 0 aromatic heterocycles. The lowest BCUT2D eigenvalue weighted by Crippen LogP contribution is -2.34. The maximum Gasteiger partial charge on any atom is 0.240 e. The Kier molecular flexibility index (Phi) is 7.40. The standard InChI is InChI=1S/C14H24N2O2S2/c1-4-10-15-13-6-8-14(9-7-13)20(17,18)16-12(3)11-19-5-2/h6-9,12,15-16H,4-5,10-11H2,1-3H3. The zero-order valence-electron chi connectivity index (χ0n) is 12.3. The first-order chi connectivity index (χ1) is 9.49. The van der Waals surface area contributed by atoms with Gasteiger partial charge in [-0.3, -0.25) is 0 Å². The number of benzene rings is 1. The van der Waals surface area contributed by atoms with E-state index in [0.717, 1.165) is 30.2 Å². The van der Waals surface area contributed by atoms with Crippen LogP contribution in [0, 0.1) is 0 Å². The van der Waals surface area contributed by atoms with Crippen molar-refractivity contribution in [2.75, 3.05) is 23.4 Å². The van der Waals surface area contributed by atoms with Crippen molar-refractivity contribution >= 4 is 27.5 Å². The number of hydrogen-bond donors (Lipinski definition) is 2. The normalized spacial score (nSPS) is 13.2. The molecule has 0 aliphatic heterocycles. The zero-order chi connectivity index (χ0) is 15.0. The van der Waals surface area contributed by atoms with Gasteiger partial charge < -0.3 is 5.32 Å². The van der Waals surface area contributed by atoms with E-state index in [4.69, 9.17) is 0 Å². The third-order valence-electron chi connectivity index (χ3n) is 2.67. The minimum Gasteiger partial charge on any atom is -0.385 e. The van der Waals surface area contributed by atoms with Crippen molar-refractivity contribution in [3.8, 4) is 0 Å². The van der Waals surface area contributed by atoms with Crippen LogP contribution in [0.5, 0.6) is 0 Å². The van der Waals surface area contributed by atoms with Gasteiger partial charge in [-0.1, -0.05) is 13.8 Å². The molecule has 1 aromatic carbocycles. The smallest absolute Gasteiger partial charge is 0.240 e. The van der Waals surface area contributed by atoms with Crippen LogP contribution in [-0.2, 0) is 10.0 Å². The van der Waals surface area contributed by atoms with Crippen LogP contribution in [0.1, 0.15) is 27.2 Å². The van der Waals surface area contributed by atoms with Crippen LogP contribution in [0.3, 0.4) is 0 Å². The summed E-state index contributed by atoms with van der Waals surface area (Å²) in [5, 5.41) is 3.22. The molecule has 2 N–H and O–H groups in total. The maximum atomic E-state index is 12.2. The fourth-order valence-corrected chi connectivity index (χ4v) is 3.70. The van der Waals surface area contributed by atoms with Crippen molar-refractivity contribution in [2.24, 2.45) is 0 Å². The van der Waals surface area contributed by atoms with Gasteiger partial charge in [0.05, 0.1) is 4.90 Å². The van der Waals surface area contributed by atoms with E-state index < -0.39 is 10.0 Å². The van der Waals surface area contributed by atoms with E-state index in [1.807, 2.05) is 6.92 Å². The van der Waals surface area contributed by atoms with Crippen molar-refractivity contribution in [2.45, 2.75) is 38.1 Å². The van der Waals surface area contributed by atoms with Gasteiger partial charge in [0.25, 0.3) is 0 Å². The van der Waals surface area contributed by atoms with Gasteiger partial charge >= 0.3 is 0 Å². The zero-order valence-corrected chi connectivity index (χ0v) is 14.0. The molecule has 0 aliphatic carbocycles. The Bertz CT molecular complexity index is 486. The van der Waals surface area contributed by atoms with Gasteiger partial charge in [-0.15, -0.1) is 0 Å². The van der Waals surface area contributed by atoms with Crippen LogP contribution < -0.4 is 10.0 Å². The molecule has 20 heavy (non-hydrogen) atoms. The van der Waals surface area contributed by atoms with E-state index in [1.165, 1.54) is 0 Å². The largest absolute Gasteiger partial charge is 0.385 e. The molecule has 1 unspecified atom stereocenters. The van der Waals surface area contributed by atoms with Gasteiger partial charge in [-0.25, -0.2) is 13.1 Å². The summed E-state index contributed by atoms with van der Waals surface area (Å²) in [4.78, 5) is 0.313. The van der Waals surface area contributed by atoms with Gasteiger partial charge in [0.2, 0.25) is 10.0 Å². The molecule has 6 heteroatoms. The first-order valence-corrected chi connectivity index (χ1v) is 9.57. The van der Waals surface area contributed by atoms with Crippen molar-refractivity contribution in [1.82, 2.24) is 4.72 Å². The highest BCUT2D eigenvalue weighted by Gasteiger charge is 2.16. The Morgan fingerprint density at radius 2 is 1.85 bits per heavy atom. The Balaban J connectivity index is 2.67. The fraction of sp³-hybridized carbons (Fsp3) is 0.571. The second-order valence-corrected chi connectivity index (χ2v) is 7.67. The van der Waals surface area contributed by atoms with Crippen molar-refractivity contribution in [3.63, 3.8) is 0 Å². The van der Waals surface area contributed by atoms with E-state index >= 15 is 0 Å². The van der Waals surface area contributed by atoms with Gasteiger partial charge in [-0.2, -0.15) is 11.8 Å². The first kappa shape index (κ1) is 17.3. The summed E-state index contributed by atoms with van der Waals surface area (Å²) < 4.78 is 27.1. The van der Waals surface area contributed by atoms with E-state index in [2.05, 4.69) is 23.9 Å². The van der Waals surface area contributed by atoms with Crippen LogP contribution in [0.2, 0.25) is 0 Å². The fourth-order valence-electron chi connectivity index (χ4n) is 1.68. The van der Waals surface area contributed by atoms with Gasteiger partial charge in [0.1, 0.15) is 0 Å². The van der Waals surface area contributed by atoms with Crippen LogP contribution in [0.4, 0.5) is 5.69 Å². The number of anilines is 1. The van der Waals surface area contributed by atoms with Crippen molar-refractivity contribution < 1.29 is 8.42 Å². The Labute approximate surface area is 126 Å². The lowest BCUT2D eigenvalue weighted by molar-refractivity contribution is 0.571. The highest BCUT2D eigenvalue weighted by molar-refractivity contribution is 7.99. The highest BCUT2D eigenvalue weighted by atomic mass is 32.2. The maximum absolute atomic E-state index is 12.2. The van der Waals surface area contributed by atoms with E-state index in [-0.39, 0.29) is 6.04 Å². The van der Waals surface area contributed by atoms with Crippen molar-refractivity contribution in [3.05, 3.63) is 24.3 Å². The molecule has 4 nitrogen and oxygen atoms in total. The van der Waals surface area contributed by atoms with E-state index in [1.54, 1.807) is 36.0 Å². The quantitative estimate of drug-likeness (QED) is 0.735. The molecule has 0 saturated carbocycles. The second-order valence-electron chi connectivity index (χ2n) is 4.63. The summed E-state index contributed by atoms with van der Waals surface area (Å²) in [5.41, 5.74) is 0.945.